The monoisotopic (exact) mass is 290 g/mol. The van der Waals surface area contributed by atoms with Gasteiger partial charge in [-0.2, -0.15) is 0 Å². The second kappa shape index (κ2) is 7.27. The van der Waals surface area contributed by atoms with Crippen molar-refractivity contribution in [3.05, 3.63) is 65.0 Å². The third-order valence-corrected chi connectivity index (χ3v) is 3.49. The summed E-state index contributed by atoms with van der Waals surface area (Å²) in [4.78, 5) is 4.15. The number of rotatable bonds is 6. The highest BCUT2D eigenvalue weighted by molar-refractivity contribution is 5.28. The van der Waals surface area contributed by atoms with E-state index >= 15 is 0 Å². The fourth-order valence-corrected chi connectivity index (χ4v) is 2.32. The molecule has 1 atom stereocenters. The van der Waals surface area contributed by atoms with Crippen molar-refractivity contribution in [1.29, 1.82) is 0 Å². The molecule has 1 aromatic carbocycles. The Hall–Kier alpha value is -1.81. The zero-order valence-electron chi connectivity index (χ0n) is 12.4. The van der Waals surface area contributed by atoms with Crippen molar-refractivity contribution >= 4 is 0 Å². The smallest absolute Gasteiger partial charge is 0.146 e. The van der Waals surface area contributed by atoms with Gasteiger partial charge in [0.15, 0.2) is 0 Å². The largest absolute Gasteiger partial charge is 0.308 e. The molecular formula is C17H20F2N2. The minimum atomic E-state index is -0.333. The summed E-state index contributed by atoms with van der Waals surface area (Å²) >= 11 is 0. The molecule has 4 heteroatoms. The number of nitrogens with one attached hydrogen (secondary N) is 1. The van der Waals surface area contributed by atoms with Crippen molar-refractivity contribution in [2.24, 2.45) is 0 Å². The second-order valence-corrected chi connectivity index (χ2v) is 5.15. The lowest BCUT2D eigenvalue weighted by Crippen LogP contribution is -2.26. The van der Waals surface area contributed by atoms with Crippen LogP contribution < -0.4 is 5.32 Å². The van der Waals surface area contributed by atoms with Gasteiger partial charge in [-0.1, -0.05) is 13.0 Å². The Labute approximate surface area is 124 Å². The molecule has 1 heterocycles. The highest BCUT2D eigenvalue weighted by Crippen LogP contribution is 2.22. The van der Waals surface area contributed by atoms with E-state index in [1.807, 2.05) is 13.8 Å². The van der Waals surface area contributed by atoms with E-state index < -0.39 is 0 Å². The maximum Gasteiger partial charge on any atom is 0.146 e. The first-order valence-corrected chi connectivity index (χ1v) is 7.20. The maximum atomic E-state index is 14.0. The van der Waals surface area contributed by atoms with Crippen molar-refractivity contribution in [2.75, 3.05) is 6.54 Å². The van der Waals surface area contributed by atoms with Gasteiger partial charge in [-0.15, -0.1) is 0 Å². The van der Waals surface area contributed by atoms with Crippen LogP contribution in [0.2, 0.25) is 0 Å². The summed E-state index contributed by atoms with van der Waals surface area (Å²) in [6.45, 7) is 4.74. The number of halogens is 2. The van der Waals surface area contributed by atoms with E-state index in [1.54, 1.807) is 18.3 Å². The van der Waals surface area contributed by atoms with Gasteiger partial charge in [0, 0.05) is 6.20 Å². The van der Waals surface area contributed by atoms with Gasteiger partial charge in [0.25, 0.3) is 0 Å². The maximum absolute atomic E-state index is 14.0. The molecule has 0 radical (unpaired) electrons. The first-order valence-electron chi connectivity index (χ1n) is 7.20. The minimum absolute atomic E-state index is 0.258. The molecule has 0 aliphatic rings. The molecule has 21 heavy (non-hydrogen) atoms. The van der Waals surface area contributed by atoms with Gasteiger partial charge in [0.2, 0.25) is 0 Å². The van der Waals surface area contributed by atoms with Gasteiger partial charge < -0.3 is 5.32 Å². The average molecular weight is 290 g/mol. The van der Waals surface area contributed by atoms with Crippen LogP contribution in [-0.2, 0) is 6.42 Å². The summed E-state index contributed by atoms with van der Waals surface area (Å²) in [5.41, 5.74) is 2.25. The predicted octanol–water partition coefficient (Wildman–Crippen LogP) is 3.95. The van der Waals surface area contributed by atoms with Gasteiger partial charge in [0.05, 0.1) is 11.7 Å². The molecule has 2 rings (SSSR count). The number of hydrogen-bond acceptors (Lipinski definition) is 2. The standard InChI is InChI=1S/C17H20F2N2/c1-3-8-20-16(17-15(19)5-4-9-21-17)11-13-10-14(18)7-6-12(13)2/h4-7,9-10,16,20H,3,8,11H2,1-2H3. The number of aryl methyl sites for hydroxylation is 1. The molecule has 0 aliphatic carbocycles. The molecule has 1 aromatic heterocycles. The third kappa shape index (κ3) is 4.08. The fraction of sp³-hybridized carbons (Fsp3) is 0.353. The molecule has 0 saturated carbocycles. The molecule has 0 saturated heterocycles. The molecule has 0 amide bonds. The molecule has 0 bridgehead atoms. The van der Waals surface area contributed by atoms with E-state index in [2.05, 4.69) is 10.3 Å². The lowest BCUT2D eigenvalue weighted by molar-refractivity contribution is 0.481. The highest BCUT2D eigenvalue weighted by Gasteiger charge is 2.18. The van der Waals surface area contributed by atoms with Crippen LogP contribution >= 0.6 is 0 Å². The Kier molecular flexibility index (Phi) is 5.39. The summed E-state index contributed by atoms with van der Waals surface area (Å²) in [6, 6.07) is 7.42. The van der Waals surface area contributed by atoms with Gasteiger partial charge in [-0.3, -0.25) is 4.98 Å². The van der Waals surface area contributed by atoms with Crippen LogP contribution in [0.1, 0.15) is 36.2 Å². The molecule has 1 N–H and O–H groups in total. The average Bonchev–Trinajstić information content (AvgIpc) is 2.48. The van der Waals surface area contributed by atoms with E-state index in [0.29, 0.717) is 12.1 Å². The first-order chi connectivity index (χ1) is 10.1. The lowest BCUT2D eigenvalue weighted by atomic mass is 9.98. The lowest BCUT2D eigenvalue weighted by Gasteiger charge is -2.19. The first kappa shape index (κ1) is 15.6. The summed E-state index contributed by atoms with van der Waals surface area (Å²) < 4.78 is 27.4. The summed E-state index contributed by atoms with van der Waals surface area (Å²) in [6.07, 6.45) is 3.03. The Morgan fingerprint density at radius 2 is 2.05 bits per heavy atom. The number of benzene rings is 1. The summed E-state index contributed by atoms with van der Waals surface area (Å²) in [5, 5.41) is 3.30. The van der Waals surface area contributed by atoms with Crippen molar-refractivity contribution in [3.8, 4) is 0 Å². The van der Waals surface area contributed by atoms with Gasteiger partial charge in [0.1, 0.15) is 11.6 Å². The molecule has 112 valence electrons. The summed E-state index contributed by atoms with van der Waals surface area (Å²) in [5.74, 6) is -0.605. The number of nitrogens with zero attached hydrogens (tertiary/aromatic N) is 1. The fourth-order valence-electron chi connectivity index (χ4n) is 2.32. The molecule has 0 aliphatic heterocycles. The van der Waals surface area contributed by atoms with E-state index in [-0.39, 0.29) is 17.7 Å². The van der Waals surface area contributed by atoms with E-state index in [1.165, 1.54) is 18.2 Å². The topological polar surface area (TPSA) is 24.9 Å². The van der Waals surface area contributed by atoms with Crippen molar-refractivity contribution < 1.29 is 8.78 Å². The van der Waals surface area contributed by atoms with E-state index in [9.17, 15) is 8.78 Å². The predicted molar refractivity (Wildman–Crippen MR) is 80.1 cm³/mol. The Morgan fingerprint density at radius 1 is 1.24 bits per heavy atom. The highest BCUT2D eigenvalue weighted by atomic mass is 19.1. The molecule has 2 aromatic rings. The van der Waals surface area contributed by atoms with Gasteiger partial charge in [-0.25, -0.2) is 8.78 Å². The molecule has 0 fully saturated rings. The molecule has 2 nitrogen and oxygen atoms in total. The number of hydrogen-bond donors (Lipinski definition) is 1. The third-order valence-electron chi connectivity index (χ3n) is 3.49. The van der Waals surface area contributed by atoms with Gasteiger partial charge in [-0.05, 0) is 61.7 Å². The Morgan fingerprint density at radius 3 is 2.76 bits per heavy atom. The normalized spacial score (nSPS) is 12.4. The quantitative estimate of drug-likeness (QED) is 0.871. The van der Waals surface area contributed by atoms with Gasteiger partial charge >= 0.3 is 0 Å². The Balaban J connectivity index is 2.28. The number of pyridine rings is 1. The minimum Gasteiger partial charge on any atom is -0.308 e. The van der Waals surface area contributed by atoms with Crippen LogP contribution in [0.4, 0.5) is 8.78 Å². The van der Waals surface area contributed by atoms with Crippen molar-refractivity contribution in [3.63, 3.8) is 0 Å². The van der Waals surface area contributed by atoms with Crippen LogP contribution in [-0.4, -0.2) is 11.5 Å². The molecule has 0 spiro atoms. The van der Waals surface area contributed by atoms with Crippen molar-refractivity contribution in [2.45, 2.75) is 32.7 Å². The van der Waals surface area contributed by atoms with Crippen LogP contribution in [0.15, 0.2) is 36.5 Å². The van der Waals surface area contributed by atoms with Crippen LogP contribution in [0.3, 0.4) is 0 Å². The summed E-state index contributed by atoms with van der Waals surface area (Å²) in [7, 11) is 0. The second-order valence-electron chi connectivity index (χ2n) is 5.15. The SMILES string of the molecule is CCCNC(Cc1cc(F)ccc1C)c1ncccc1F. The van der Waals surface area contributed by atoms with E-state index in [0.717, 1.165) is 24.1 Å². The van der Waals surface area contributed by atoms with Crippen LogP contribution in [0, 0.1) is 18.6 Å². The van der Waals surface area contributed by atoms with Crippen molar-refractivity contribution in [1.82, 2.24) is 10.3 Å². The molecular weight excluding hydrogens is 270 g/mol. The zero-order valence-corrected chi connectivity index (χ0v) is 12.4. The van der Waals surface area contributed by atoms with Crippen LogP contribution in [0.5, 0.6) is 0 Å². The molecule has 1 unspecified atom stereocenters. The zero-order chi connectivity index (χ0) is 15.2. The number of aromatic nitrogens is 1. The van der Waals surface area contributed by atoms with E-state index in [4.69, 9.17) is 0 Å². The van der Waals surface area contributed by atoms with Crippen LogP contribution in [0.25, 0.3) is 0 Å². The Bertz CT molecular complexity index is 599.